The zero-order valence-corrected chi connectivity index (χ0v) is 33.8. The number of amides is 3. The van der Waals surface area contributed by atoms with Crippen LogP contribution in [-0.4, -0.2) is 97.2 Å². The van der Waals surface area contributed by atoms with Crippen LogP contribution < -0.4 is 24.6 Å². The SMILES string of the molecule is O=C1CCC(N2Cc3cc4c(cc3C2=O)OCC2CN(CC3CCC5(CC3)CN(c3ccccc3)C5)CCN42)C(=O)N1.Oc1ccc2c(c1)OCCC2.c1ccccc1. The summed E-state index contributed by atoms with van der Waals surface area (Å²) in [7, 11) is 0. The molecular formula is C48H55N5O6. The maximum atomic E-state index is 13.3. The number of nitrogens with one attached hydrogen (secondary N) is 1. The standard InChI is InChI=1S/C33H39N5O4.C9H10O2.C6H6/c39-30-7-6-27(31(40)34-30)38-17-23-14-28-29(15-26(23)32(38)41)42-19-25-18-35(12-13-37(25)28)16-22-8-10-33(11-9-22)20-36(21-33)24-4-2-1-3-5-24;10-8-4-3-7-2-1-5-11-9(7)6-8;1-2-4-6-5-3-1/h1-5,14-15,22,25,27H,6-13,16-21H2,(H,34,39,40);3-4,6,10H,1-2,5H2;1-6H. The number of phenolic OH excluding ortho intramolecular Hbond substituents is 1. The third-order valence-corrected chi connectivity index (χ3v) is 13.3. The second-order valence-electron chi connectivity index (χ2n) is 17.3. The highest BCUT2D eigenvalue weighted by Gasteiger charge is 2.46. The van der Waals surface area contributed by atoms with Gasteiger partial charge in [-0.1, -0.05) is 60.7 Å². The van der Waals surface area contributed by atoms with Gasteiger partial charge in [-0.25, -0.2) is 0 Å². The second-order valence-corrected chi connectivity index (χ2v) is 17.3. The number of imide groups is 1. The van der Waals surface area contributed by atoms with E-state index < -0.39 is 6.04 Å². The topological polar surface area (TPSA) is 115 Å². The summed E-state index contributed by atoms with van der Waals surface area (Å²) in [6.07, 6.45) is 8.14. The number of benzene rings is 4. The molecule has 4 aromatic carbocycles. The first-order valence-electron chi connectivity index (χ1n) is 21.5. The molecule has 4 aromatic rings. The molecule has 2 N–H and O–H groups in total. The highest BCUT2D eigenvalue weighted by molar-refractivity contribution is 6.06. The van der Waals surface area contributed by atoms with Gasteiger partial charge in [-0.05, 0) is 92.3 Å². The summed E-state index contributed by atoms with van der Waals surface area (Å²) < 4.78 is 11.6. The van der Waals surface area contributed by atoms with Crippen molar-refractivity contribution in [3.63, 3.8) is 0 Å². The van der Waals surface area contributed by atoms with E-state index in [1.807, 2.05) is 48.5 Å². The number of para-hydroxylation sites is 1. The van der Waals surface area contributed by atoms with Crippen LogP contribution in [0.2, 0.25) is 0 Å². The van der Waals surface area contributed by atoms with Crippen LogP contribution in [0.15, 0.2) is 97.1 Å². The van der Waals surface area contributed by atoms with E-state index >= 15 is 0 Å². The van der Waals surface area contributed by atoms with E-state index in [9.17, 15) is 14.4 Å². The van der Waals surface area contributed by atoms with Crippen molar-refractivity contribution in [1.82, 2.24) is 15.1 Å². The van der Waals surface area contributed by atoms with Crippen LogP contribution in [0.25, 0.3) is 0 Å². The summed E-state index contributed by atoms with van der Waals surface area (Å²) in [6, 6.07) is 31.8. The lowest BCUT2D eigenvalue weighted by Crippen LogP contribution is -2.59. The molecule has 11 nitrogen and oxygen atoms in total. The van der Waals surface area contributed by atoms with E-state index in [0.29, 0.717) is 36.6 Å². The van der Waals surface area contributed by atoms with Crippen LogP contribution in [0.4, 0.5) is 11.4 Å². The Labute approximate surface area is 346 Å². The minimum atomic E-state index is -0.599. The molecule has 0 aromatic heterocycles. The monoisotopic (exact) mass is 797 g/mol. The van der Waals surface area contributed by atoms with E-state index in [1.165, 1.54) is 56.6 Å². The molecule has 6 aliphatic heterocycles. The number of ether oxygens (including phenoxy) is 2. The fourth-order valence-corrected chi connectivity index (χ4v) is 10.1. The lowest BCUT2D eigenvalue weighted by molar-refractivity contribution is -0.136. The molecule has 0 bridgehead atoms. The van der Waals surface area contributed by atoms with Crippen molar-refractivity contribution in [3.05, 3.63) is 114 Å². The van der Waals surface area contributed by atoms with Crippen molar-refractivity contribution in [3.8, 4) is 17.2 Å². The highest BCUT2D eigenvalue weighted by Crippen LogP contribution is 2.47. The third-order valence-electron chi connectivity index (χ3n) is 13.3. The van der Waals surface area contributed by atoms with Crippen LogP contribution in [0, 0.1) is 11.3 Å². The average Bonchev–Trinajstić information content (AvgIpc) is 3.57. The van der Waals surface area contributed by atoms with Gasteiger partial charge in [0.1, 0.15) is 29.9 Å². The van der Waals surface area contributed by atoms with Crippen LogP contribution >= 0.6 is 0 Å². The Morgan fingerprint density at radius 3 is 2.25 bits per heavy atom. The predicted molar refractivity (Wildman–Crippen MR) is 227 cm³/mol. The van der Waals surface area contributed by atoms with Gasteiger partial charge in [0.2, 0.25) is 11.8 Å². The Hall–Kier alpha value is -5.55. The Morgan fingerprint density at radius 1 is 0.763 bits per heavy atom. The molecule has 1 spiro atoms. The number of nitrogens with zero attached hydrogens (tertiary/aromatic N) is 4. The molecule has 4 fully saturated rings. The number of carbonyl (C=O) groups is 3. The molecule has 3 saturated heterocycles. The van der Waals surface area contributed by atoms with Crippen LogP contribution in [0.3, 0.4) is 0 Å². The molecule has 7 aliphatic rings. The molecule has 2 atom stereocenters. The first-order valence-corrected chi connectivity index (χ1v) is 21.5. The summed E-state index contributed by atoms with van der Waals surface area (Å²) >= 11 is 0. The molecule has 6 heterocycles. The molecule has 11 heteroatoms. The smallest absolute Gasteiger partial charge is 0.255 e. The van der Waals surface area contributed by atoms with Gasteiger partial charge in [-0.3, -0.25) is 24.6 Å². The van der Waals surface area contributed by atoms with Gasteiger partial charge in [0.25, 0.3) is 5.91 Å². The van der Waals surface area contributed by atoms with Gasteiger partial charge >= 0.3 is 0 Å². The van der Waals surface area contributed by atoms with Crippen molar-refractivity contribution in [2.75, 3.05) is 62.3 Å². The number of hydrogen-bond donors (Lipinski definition) is 2. The number of fused-ring (bicyclic) bond motifs is 5. The number of anilines is 2. The Kier molecular flexibility index (Phi) is 11.2. The summed E-state index contributed by atoms with van der Waals surface area (Å²) in [5.41, 5.74) is 5.71. The van der Waals surface area contributed by atoms with Crippen molar-refractivity contribution in [1.29, 1.82) is 0 Å². The number of piperazine rings is 1. The van der Waals surface area contributed by atoms with Gasteiger partial charge < -0.3 is 29.3 Å². The molecule has 2 unspecified atom stereocenters. The Morgan fingerprint density at radius 2 is 1.51 bits per heavy atom. The fraction of sp³-hybridized carbons (Fsp3) is 0.438. The minimum absolute atomic E-state index is 0.151. The average molecular weight is 798 g/mol. The Balaban J connectivity index is 0.000000217. The second kappa shape index (κ2) is 17.0. The van der Waals surface area contributed by atoms with Crippen LogP contribution in [-0.2, 0) is 22.6 Å². The summed E-state index contributed by atoms with van der Waals surface area (Å²) in [4.78, 5) is 46.6. The number of phenols is 1. The fourth-order valence-electron chi connectivity index (χ4n) is 10.1. The first-order chi connectivity index (χ1) is 28.8. The third kappa shape index (κ3) is 8.48. The van der Waals surface area contributed by atoms with Crippen molar-refractivity contribution < 1.29 is 29.0 Å². The van der Waals surface area contributed by atoms with Gasteiger partial charge in [0.15, 0.2) is 0 Å². The van der Waals surface area contributed by atoms with Crippen LogP contribution in [0.5, 0.6) is 17.2 Å². The predicted octanol–water partition coefficient (Wildman–Crippen LogP) is 6.43. The van der Waals surface area contributed by atoms with Gasteiger partial charge in [-0.15, -0.1) is 0 Å². The summed E-state index contributed by atoms with van der Waals surface area (Å²) in [6.45, 7) is 8.38. The van der Waals surface area contributed by atoms with Gasteiger partial charge in [0.05, 0.1) is 18.3 Å². The zero-order chi connectivity index (χ0) is 40.3. The molecule has 3 amide bonds. The molecule has 1 aliphatic carbocycles. The largest absolute Gasteiger partial charge is 0.508 e. The number of aryl methyl sites for hydroxylation is 1. The maximum absolute atomic E-state index is 13.3. The van der Waals surface area contributed by atoms with E-state index in [1.54, 1.807) is 17.0 Å². The van der Waals surface area contributed by atoms with Crippen molar-refractivity contribution >= 4 is 29.1 Å². The minimum Gasteiger partial charge on any atom is -0.508 e. The van der Waals surface area contributed by atoms with Crippen LogP contribution in [0.1, 0.15) is 66.4 Å². The van der Waals surface area contributed by atoms with Gasteiger partial charge in [0, 0.05) is 75.0 Å². The van der Waals surface area contributed by atoms with Crippen molar-refractivity contribution in [2.24, 2.45) is 11.3 Å². The van der Waals surface area contributed by atoms with E-state index in [2.05, 4.69) is 56.4 Å². The lowest BCUT2D eigenvalue weighted by atomic mass is 9.65. The first kappa shape index (κ1) is 38.9. The van der Waals surface area contributed by atoms with E-state index in [-0.39, 0.29) is 29.9 Å². The molecule has 11 rings (SSSR count). The number of rotatable bonds is 4. The van der Waals surface area contributed by atoms with E-state index in [4.69, 9.17) is 14.6 Å². The quantitative estimate of drug-likeness (QED) is 0.226. The maximum Gasteiger partial charge on any atom is 0.255 e. The lowest BCUT2D eigenvalue weighted by Gasteiger charge is -2.55. The van der Waals surface area contributed by atoms with Crippen molar-refractivity contribution in [2.45, 2.75) is 70.0 Å². The number of carbonyl (C=O) groups excluding carboxylic acids is 3. The molecule has 59 heavy (non-hydrogen) atoms. The molecular weight excluding hydrogens is 743 g/mol. The number of hydrogen-bond acceptors (Lipinski definition) is 9. The summed E-state index contributed by atoms with van der Waals surface area (Å²) in [5, 5.41) is 11.5. The van der Waals surface area contributed by atoms with Gasteiger partial charge in [-0.2, -0.15) is 0 Å². The highest BCUT2D eigenvalue weighted by atomic mass is 16.5. The zero-order valence-electron chi connectivity index (χ0n) is 33.8. The summed E-state index contributed by atoms with van der Waals surface area (Å²) in [5.74, 6) is 1.87. The Bertz CT molecular complexity index is 2110. The number of piperidine rings is 1. The normalized spacial score (nSPS) is 23.1. The van der Waals surface area contributed by atoms with E-state index in [0.717, 1.165) is 67.8 Å². The molecule has 308 valence electrons. The molecule has 1 saturated carbocycles. The number of aromatic hydroxyl groups is 1. The molecule has 0 radical (unpaired) electrons.